The van der Waals surface area contributed by atoms with Gasteiger partial charge in [0.15, 0.2) is 0 Å². The van der Waals surface area contributed by atoms with Crippen LogP contribution in [0.2, 0.25) is 5.02 Å². The fourth-order valence-electron chi connectivity index (χ4n) is 0.975. The predicted molar refractivity (Wildman–Crippen MR) is 57.5 cm³/mol. The number of hydrogen-bond donors (Lipinski definition) is 1. The van der Waals surface area contributed by atoms with Gasteiger partial charge in [-0.3, -0.25) is 0 Å². The van der Waals surface area contributed by atoms with Gasteiger partial charge in [0.2, 0.25) is 0 Å². The molecule has 1 aromatic rings. The number of halogens is 2. The van der Waals surface area contributed by atoms with Gasteiger partial charge >= 0.3 is 0 Å². The molecule has 0 atom stereocenters. The first-order valence-corrected chi connectivity index (χ1v) is 4.85. The molecule has 0 heterocycles. The molecule has 3 heteroatoms. The van der Waals surface area contributed by atoms with Crippen LogP contribution < -0.4 is 0 Å². The van der Waals surface area contributed by atoms with E-state index in [1.807, 2.05) is 12.2 Å². The van der Waals surface area contributed by atoms with E-state index in [4.69, 9.17) is 23.2 Å². The molecule has 0 fully saturated rings. The van der Waals surface area contributed by atoms with Gasteiger partial charge in [-0.2, -0.15) is 0 Å². The summed E-state index contributed by atoms with van der Waals surface area (Å²) < 4.78 is 0. The Labute approximate surface area is 87.6 Å². The van der Waals surface area contributed by atoms with E-state index in [0.717, 1.165) is 12.0 Å². The van der Waals surface area contributed by atoms with E-state index in [1.165, 1.54) is 6.07 Å². The summed E-state index contributed by atoms with van der Waals surface area (Å²) in [6.45, 7) is 0. The quantitative estimate of drug-likeness (QED) is 0.765. The summed E-state index contributed by atoms with van der Waals surface area (Å²) in [5.74, 6) is 0.779. The van der Waals surface area contributed by atoms with E-state index < -0.39 is 0 Å². The third-order valence-electron chi connectivity index (χ3n) is 1.49. The number of alkyl halides is 1. The van der Waals surface area contributed by atoms with Crippen molar-refractivity contribution in [3.05, 3.63) is 34.9 Å². The van der Waals surface area contributed by atoms with Crippen LogP contribution in [0, 0.1) is 0 Å². The molecule has 0 aliphatic carbocycles. The minimum atomic E-state index is 0.179. The topological polar surface area (TPSA) is 20.2 Å². The van der Waals surface area contributed by atoms with E-state index in [9.17, 15) is 5.11 Å². The highest BCUT2D eigenvalue weighted by atomic mass is 35.5. The second-order valence-electron chi connectivity index (χ2n) is 2.62. The van der Waals surface area contributed by atoms with E-state index >= 15 is 0 Å². The highest BCUT2D eigenvalue weighted by molar-refractivity contribution is 6.30. The molecule has 1 rings (SSSR count). The summed E-state index contributed by atoms with van der Waals surface area (Å²) in [4.78, 5) is 0. The molecule has 0 radical (unpaired) electrons. The Morgan fingerprint density at radius 2 is 2.08 bits per heavy atom. The van der Waals surface area contributed by atoms with E-state index in [2.05, 4.69) is 0 Å². The van der Waals surface area contributed by atoms with Crippen LogP contribution in [-0.4, -0.2) is 11.0 Å². The molecule has 1 N–H and O–H groups in total. The smallest absolute Gasteiger partial charge is 0.117 e. The van der Waals surface area contributed by atoms with Gasteiger partial charge in [0.25, 0.3) is 0 Å². The summed E-state index contributed by atoms with van der Waals surface area (Å²) in [5, 5.41) is 9.74. The van der Waals surface area contributed by atoms with Crippen LogP contribution in [0.25, 0.3) is 6.08 Å². The SMILES string of the molecule is Oc1cc(Cl)cc(C=CCCCl)c1. The lowest BCUT2D eigenvalue weighted by Gasteiger charge is -1.96. The number of allylic oxidation sites excluding steroid dienone is 1. The lowest BCUT2D eigenvalue weighted by atomic mass is 10.2. The maximum Gasteiger partial charge on any atom is 0.117 e. The Balaban J connectivity index is 2.77. The van der Waals surface area contributed by atoms with Gasteiger partial charge in [-0.1, -0.05) is 23.8 Å². The van der Waals surface area contributed by atoms with Crippen molar-refractivity contribution in [3.8, 4) is 5.75 Å². The van der Waals surface area contributed by atoms with E-state index in [1.54, 1.807) is 12.1 Å². The molecule has 0 amide bonds. The zero-order chi connectivity index (χ0) is 9.68. The van der Waals surface area contributed by atoms with Crippen molar-refractivity contribution in [2.75, 3.05) is 5.88 Å². The molecule has 0 aromatic heterocycles. The molecule has 70 valence electrons. The molecule has 1 nitrogen and oxygen atoms in total. The van der Waals surface area contributed by atoms with Crippen LogP contribution in [-0.2, 0) is 0 Å². The highest BCUT2D eigenvalue weighted by Crippen LogP contribution is 2.20. The monoisotopic (exact) mass is 216 g/mol. The Bertz CT molecular complexity index is 288. The molecule has 0 unspecified atom stereocenters. The Kier molecular flexibility index (Phi) is 4.13. The van der Waals surface area contributed by atoms with Gasteiger partial charge in [0.1, 0.15) is 5.75 Å². The van der Waals surface area contributed by atoms with Gasteiger partial charge in [0, 0.05) is 10.9 Å². The number of phenols is 1. The average Bonchev–Trinajstić information content (AvgIpc) is 2.03. The van der Waals surface area contributed by atoms with Gasteiger partial charge in [-0.15, -0.1) is 11.6 Å². The molecule has 0 saturated heterocycles. The number of phenolic OH excluding ortho intramolecular Hbond substituents is 1. The maximum absolute atomic E-state index is 9.21. The molecular weight excluding hydrogens is 207 g/mol. The first-order valence-electron chi connectivity index (χ1n) is 3.94. The first-order chi connectivity index (χ1) is 6.22. The molecule has 0 saturated carbocycles. The van der Waals surface area contributed by atoms with Crippen molar-refractivity contribution in [1.82, 2.24) is 0 Å². The second-order valence-corrected chi connectivity index (χ2v) is 3.44. The number of rotatable bonds is 3. The number of hydrogen-bond acceptors (Lipinski definition) is 1. The molecule has 0 spiro atoms. The van der Waals surface area contributed by atoms with Crippen molar-refractivity contribution in [3.63, 3.8) is 0 Å². The van der Waals surface area contributed by atoms with Gasteiger partial charge in [-0.25, -0.2) is 0 Å². The van der Waals surface area contributed by atoms with Gasteiger partial charge in [0.05, 0.1) is 0 Å². The standard InChI is InChI=1S/C10H10Cl2O/c11-4-2-1-3-8-5-9(12)7-10(13)6-8/h1,3,5-7,13H,2,4H2. The molecule has 0 aliphatic rings. The average molecular weight is 217 g/mol. The van der Waals surface area contributed by atoms with E-state index in [-0.39, 0.29) is 5.75 Å². The zero-order valence-corrected chi connectivity index (χ0v) is 8.52. The van der Waals surface area contributed by atoms with Gasteiger partial charge in [-0.05, 0) is 30.2 Å². The third kappa shape index (κ3) is 3.71. The first kappa shape index (κ1) is 10.4. The number of aromatic hydroxyl groups is 1. The molecule has 1 aromatic carbocycles. The lowest BCUT2D eigenvalue weighted by molar-refractivity contribution is 0.475. The summed E-state index contributed by atoms with van der Waals surface area (Å²) in [7, 11) is 0. The summed E-state index contributed by atoms with van der Waals surface area (Å²) in [6, 6.07) is 4.93. The van der Waals surface area contributed by atoms with Crippen molar-refractivity contribution >= 4 is 29.3 Å². The van der Waals surface area contributed by atoms with Gasteiger partial charge < -0.3 is 5.11 Å². The largest absolute Gasteiger partial charge is 0.508 e. The summed E-state index contributed by atoms with van der Waals surface area (Å²) >= 11 is 11.2. The molecule has 0 aliphatic heterocycles. The van der Waals surface area contributed by atoms with E-state index in [0.29, 0.717) is 10.9 Å². The van der Waals surface area contributed by atoms with Crippen LogP contribution in [0.1, 0.15) is 12.0 Å². The van der Waals surface area contributed by atoms with Crippen LogP contribution in [0.4, 0.5) is 0 Å². The van der Waals surface area contributed by atoms with Crippen molar-refractivity contribution in [2.24, 2.45) is 0 Å². The third-order valence-corrected chi connectivity index (χ3v) is 1.93. The van der Waals surface area contributed by atoms with Crippen LogP contribution in [0.15, 0.2) is 24.3 Å². The zero-order valence-electron chi connectivity index (χ0n) is 7.00. The summed E-state index contributed by atoms with van der Waals surface area (Å²) in [5.41, 5.74) is 0.884. The second kappa shape index (κ2) is 5.15. The minimum absolute atomic E-state index is 0.179. The predicted octanol–water partition coefficient (Wildman–Crippen LogP) is 3.69. The van der Waals surface area contributed by atoms with Crippen molar-refractivity contribution in [1.29, 1.82) is 0 Å². The molecule has 0 bridgehead atoms. The van der Waals surface area contributed by atoms with Crippen LogP contribution >= 0.6 is 23.2 Å². The normalized spacial score (nSPS) is 10.9. The maximum atomic E-state index is 9.21. The van der Waals surface area contributed by atoms with Crippen LogP contribution in [0.3, 0.4) is 0 Å². The fourth-order valence-corrected chi connectivity index (χ4v) is 1.34. The lowest BCUT2D eigenvalue weighted by Crippen LogP contribution is -1.74. The van der Waals surface area contributed by atoms with Crippen molar-refractivity contribution < 1.29 is 5.11 Å². The summed E-state index contributed by atoms with van der Waals surface area (Å²) in [6.07, 6.45) is 4.64. The molecular formula is C10H10Cl2O. The van der Waals surface area contributed by atoms with Crippen molar-refractivity contribution in [2.45, 2.75) is 6.42 Å². The highest BCUT2D eigenvalue weighted by Gasteiger charge is 1.94. The molecule has 13 heavy (non-hydrogen) atoms. The fraction of sp³-hybridized carbons (Fsp3) is 0.200. The van der Waals surface area contributed by atoms with Crippen LogP contribution in [0.5, 0.6) is 5.75 Å². The Morgan fingerprint density at radius 1 is 1.31 bits per heavy atom. The Hall–Kier alpha value is -0.660. The number of benzene rings is 1. The minimum Gasteiger partial charge on any atom is -0.508 e. The Morgan fingerprint density at radius 3 is 2.69 bits per heavy atom.